The number of hydrogen-bond donors (Lipinski definition) is 0. The lowest BCUT2D eigenvalue weighted by Gasteiger charge is -2.04. The second-order valence-corrected chi connectivity index (χ2v) is 3.03. The zero-order chi connectivity index (χ0) is 10.1. The van der Waals surface area contributed by atoms with Crippen LogP contribution in [0.5, 0.6) is 5.75 Å². The molecule has 1 aromatic heterocycles. The van der Waals surface area contributed by atoms with Crippen molar-refractivity contribution < 1.29 is 9.13 Å². The largest absolute Gasteiger partial charge is 0.494 e. The minimum absolute atomic E-state index is 0.216. The average Bonchev–Trinajstić information content (AvgIpc) is 2.18. The monoisotopic (exact) mass is 212 g/mol. The number of methoxy groups -OCH3 is 1. The van der Waals surface area contributed by atoms with Crippen LogP contribution in [0.4, 0.5) is 4.39 Å². The molecule has 72 valence electrons. The lowest BCUT2D eigenvalue weighted by Crippen LogP contribution is -1.91. The standard InChI is InChI=1S/C9H6ClFN2O/c1-14-7-3-5(11)2-6-8(7)12-4-13-9(6)10/h2-4H,1H3. The minimum atomic E-state index is -0.425. The maximum atomic E-state index is 13.1. The molecule has 0 fully saturated rings. The second kappa shape index (κ2) is 3.38. The summed E-state index contributed by atoms with van der Waals surface area (Å²) in [5.74, 6) is -0.0737. The summed E-state index contributed by atoms with van der Waals surface area (Å²) >= 11 is 5.78. The first kappa shape index (κ1) is 9.15. The highest BCUT2D eigenvalue weighted by atomic mass is 35.5. The third-order valence-electron chi connectivity index (χ3n) is 1.84. The number of hydrogen-bond acceptors (Lipinski definition) is 3. The van der Waals surface area contributed by atoms with Crippen molar-refractivity contribution in [3.63, 3.8) is 0 Å². The molecule has 1 heterocycles. The van der Waals surface area contributed by atoms with E-state index < -0.39 is 5.82 Å². The van der Waals surface area contributed by atoms with Gasteiger partial charge in [-0.15, -0.1) is 0 Å². The Balaban J connectivity index is 2.87. The van der Waals surface area contributed by atoms with Gasteiger partial charge in [-0.25, -0.2) is 14.4 Å². The Morgan fingerprint density at radius 2 is 2.14 bits per heavy atom. The van der Waals surface area contributed by atoms with E-state index in [2.05, 4.69) is 9.97 Å². The number of nitrogens with zero attached hydrogens (tertiary/aromatic N) is 2. The van der Waals surface area contributed by atoms with Gasteiger partial charge < -0.3 is 4.74 Å². The lowest BCUT2D eigenvalue weighted by atomic mass is 10.2. The Hall–Kier alpha value is -1.42. The molecule has 3 nitrogen and oxygen atoms in total. The molecule has 2 rings (SSSR count). The number of aromatic nitrogens is 2. The number of ether oxygens (including phenoxy) is 1. The molecule has 0 atom stereocenters. The zero-order valence-electron chi connectivity index (χ0n) is 7.29. The lowest BCUT2D eigenvalue weighted by molar-refractivity contribution is 0.415. The Morgan fingerprint density at radius 3 is 2.86 bits per heavy atom. The maximum absolute atomic E-state index is 13.1. The third kappa shape index (κ3) is 1.37. The molecule has 0 bridgehead atoms. The molecule has 1 aromatic carbocycles. The van der Waals surface area contributed by atoms with Crippen molar-refractivity contribution in [2.45, 2.75) is 0 Å². The van der Waals surface area contributed by atoms with E-state index in [1.54, 1.807) is 0 Å². The van der Waals surface area contributed by atoms with Gasteiger partial charge in [0.25, 0.3) is 0 Å². The highest BCUT2D eigenvalue weighted by molar-refractivity contribution is 6.34. The normalized spacial score (nSPS) is 10.5. The number of rotatable bonds is 1. The van der Waals surface area contributed by atoms with Gasteiger partial charge in [0.2, 0.25) is 0 Å². The molecular formula is C9H6ClFN2O. The van der Waals surface area contributed by atoms with Gasteiger partial charge in [0.05, 0.1) is 7.11 Å². The van der Waals surface area contributed by atoms with Gasteiger partial charge in [0.1, 0.15) is 28.6 Å². The van der Waals surface area contributed by atoms with Gasteiger partial charge in [-0.1, -0.05) is 11.6 Å². The van der Waals surface area contributed by atoms with Crippen molar-refractivity contribution in [1.82, 2.24) is 9.97 Å². The van der Waals surface area contributed by atoms with E-state index in [0.29, 0.717) is 16.7 Å². The highest BCUT2D eigenvalue weighted by Gasteiger charge is 2.08. The van der Waals surface area contributed by atoms with Crippen LogP contribution in [0.2, 0.25) is 5.15 Å². The van der Waals surface area contributed by atoms with E-state index in [9.17, 15) is 4.39 Å². The van der Waals surface area contributed by atoms with E-state index >= 15 is 0 Å². The van der Waals surface area contributed by atoms with E-state index in [-0.39, 0.29) is 5.15 Å². The number of halogens is 2. The van der Waals surface area contributed by atoms with Crippen LogP contribution < -0.4 is 4.74 Å². The molecule has 0 amide bonds. The van der Waals surface area contributed by atoms with Crippen LogP contribution in [-0.4, -0.2) is 17.1 Å². The van der Waals surface area contributed by atoms with Crippen molar-refractivity contribution in [3.8, 4) is 5.75 Å². The van der Waals surface area contributed by atoms with Gasteiger partial charge in [-0.05, 0) is 6.07 Å². The van der Waals surface area contributed by atoms with Crippen molar-refractivity contribution in [2.75, 3.05) is 7.11 Å². The molecule has 0 radical (unpaired) electrons. The molecule has 0 spiro atoms. The van der Waals surface area contributed by atoms with E-state index in [0.717, 1.165) is 0 Å². The quantitative estimate of drug-likeness (QED) is 0.681. The molecule has 14 heavy (non-hydrogen) atoms. The van der Waals surface area contributed by atoms with Crippen LogP contribution in [-0.2, 0) is 0 Å². The SMILES string of the molecule is COc1cc(F)cc2c(Cl)ncnc12. The van der Waals surface area contributed by atoms with Gasteiger partial charge in [-0.2, -0.15) is 0 Å². The fraction of sp³-hybridized carbons (Fsp3) is 0.111. The minimum Gasteiger partial charge on any atom is -0.494 e. The number of fused-ring (bicyclic) bond motifs is 1. The molecule has 0 N–H and O–H groups in total. The molecule has 0 saturated carbocycles. The summed E-state index contributed by atoms with van der Waals surface area (Å²) in [4.78, 5) is 7.72. The first-order valence-corrected chi connectivity index (χ1v) is 4.24. The van der Waals surface area contributed by atoms with Crippen LogP contribution in [0.3, 0.4) is 0 Å². The predicted molar refractivity (Wildman–Crippen MR) is 51.1 cm³/mol. The van der Waals surface area contributed by atoms with Crippen molar-refractivity contribution in [2.24, 2.45) is 0 Å². The van der Waals surface area contributed by atoms with Crippen LogP contribution in [0.25, 0.3) is 10.9 Å². The predicted octanol–water partition coefficient (Wildman–Crippen LogP) is 2.43. The summed E-state index contributed by atoms with van der Waals surface area (Å²) in [7, 11) is 1.45. The maximum Gasteiger partial charge on any atom is 0.148 e. The van der Waals surface area contributed by atoms with Gasteiger partial charge in [-0.3, -0.25) is 0 Å². The Labute approximate surface area is 84.5 Å². The van der Waals surface area contributed by atoms with Crippen molar-refractivity contribution in [3.05, 3.63) is 29.4 Å². The molecular weight excluding hydrogens is 207 g/mol. The van der Waals surface area contributed by atoms with Gasteiger partial charge >= 0.3 is 0 Å². The topological polar surface area (TPSA) is 35.0 Å². The summed E-state index contributed by atoms with van der Waals surface area (Å²) in [6.07, 6.45) is 1.31. The third-order valence-corrected chi connectivity index (χ3v) is 2.14. The highest BCUT2D eigenvalue weighted by Crippen LogP contribution is 2.28. The molecule has 0 aliphatic rings. The molecule has 0 aliphatic heterocycles. The fourth-order valence-corrected chi connectivity index (χ4v) is 1.41. The van der Waals surface area contributed by atoms with Crippen LogP contribution in [0, 0.1) is 5.82 Å². The number of benzene rings is 1. The molecule has 0 unspecified atom stereocenters. The average molecular weight is 213 g/mol. The summed E-state index contributed by atoms with van der Waals surface area (Å²) in [6.45, 7) is 0. The van der Waals surface area contributed by atoms with Gasteiger partial charge in [0.15, 0.2) is 0 Å². The molecule has 0 saturated heterocycles. The Morgan fingerprint density at radius 1 is 1.36 bits per heavy atom. The zero-order valence-corrected chi connectivity index (χ0v) is 8.05. The van der Waals surface area contributed by atoms with Crippen molar-refractivity contribution >= 4 is 22.5 Å². The molecule has 0 aliphatic carbocycles. The second-order valence-electron chi connectivity index (χ2n) is 2.67. The van der Waals surface area contributed by atoms with Crippen LogP contribution >= 0.6 is 11.6 Å². The van der Waals surface area contributed by atoms with Gasteiger partial charge in [0, 0.05) is 11.5 Å². The first-order chi connectivity index (χ1) is 6.72. The molecule has 2 aromatic rings. The summed E-state index contributed by atoms with van der Waals surface area (Å²) in [6, 6.07) is 2.53. The fourth-order valence-electron chi connectivity index (χ4n) is 1.23. The van der Waals surface area contributed by atoms with E-state index in [4.69, 9.17) is 16.3 Å². The smallest absolute Gasteiger partial charge is 0.148 e. The Bertz CT molecular complexity index is 489. The van der Waals surface area contributed by atoms with E-state index in [1.165, 1.54) is 25.6 Å². The summed E-state index contributed by atoms with van der Waals surface area (Å²) in [5.41, 5.74) is 0.508. The van der Waals surface area contributed by atoms with Crippen molar-refractivity contribution in [1.29, 1.82) is 0 Å². The molecule has 5 heteroatoms. The first-order valence-electron chi connectivity index (χ1n) is 3.86. The summed E-state index contributed by atoms with van der Waals surface area (Å²) in [5, 5.41) is 0.666. The van der Waals surface area contributed by atoms with E-state index in [1.807, 2.05) is 0 Å². The Kier molecular flexibility index (Phi) is 2.21. The van der Waals surface area contributed by atoms with Crippen LogP contribution in [0.1, 0.15) is 0 Å². The summed E-state index contributed by atoms with van der Waals surface area (Å²) < 4.78 is 18.0. The van der Waals surface area contributed by atoms with Crippen LogP contribution in [0.15, 0.2) is 18.5 Å².